The van der Waals surface area contributed by atoms with Crippen LogP contribution in [0, 0.1) is 11.7 Å². The highest BCUT2D eigenvalue weighted by Crippen LogP contribution is 2.51. The maximum absolute atomic E-state index is 14.6. The first kappa shape index (κ1) is 24.2. The molecule has 2 aromatic carbocycles. The largest absolute Gasteiger partial charge is 0.338 e. The molecule has 2 aliphatic rings. The highest BCUT2D eigenvalue weighted by atomic mass is 19.3. The van der Waals surface area contributed by atoms with E-state index in [1.54, 1.807) is 0 Å². The summed E-state index contributed by atoms with van der Waals surface area (Å²) >= 11 is 0. The van der Waals surface area contributed by atoms with Crippen molar-refractivity contribution in [2.75, 3.05) is 0 Å². The van der Waals surface area contributed by atoms with Gasteiger partial charge in [0.25, 0.3) is 0 Å². The van der Waals surface area contributed by atoms with E-state index in [0.29, 0.717) is 17.0 Å². The second-order valence-electron chi connectivity index (χ2n) is 9.96. The number of aryl methyl sites for hydroxylation is 1. The van der Waals surface area contributed by atoms with E-state index >= 15 is 0 Å². The van der Waals surface area contributed by atoms with Crippen molar-refractivity contribution in [3.63, 3.8) is 0 Å². The van der Waals surface area contributed by atoms with Gasteiger partial charge < -0.3 is 0 Å². The third kappa shape index (κ3) is 4.97. The standard InChI is InChI=1S/C28H33F5/c1-2-3-4-5-6-19-7-9-20(10-8-19)21-11-13-22(14-12-21)24-17-23-15-16-27(30,31)28(32,33)26(23)25(29)18-24/h11-14,17-20H,2-10,15-16H2,1H3. The van der Waals surface area contributed by atoms with E-state index in [2.05, 4.69) is 6.92 Å². The predicted molar refractivity (Wildman–Crippen MR) is 122 cm³/mol. The summed E-state index contributed by atoms with van der Waals surface area (Å²) in [6.07, 6.45) is 10.2. The zero-order valence-corrected chi connectivity index (χ0v) is 19.3. The minimum absolute atomic E-state index is 0.0257. The molecule has 0 amide bonds. The van der Waals surface area contributed by atoms with Crippen molar-refractivity contribution in [3.8, 4) is 11.1 Å². The summed E-state index contributed by atoms with van der Waals surface area (Å²) in [7, 11) is 0. The Morgan fingerprint density at radius 1 is 0.848 bits per heavy atom. The van der Waals surface area contributed by atoms with Gasteiger partial charge in [0, 0.05) is 6.42 Å². The molecule has 4 rings (SSSR count). The summed E-state index contributed by atoms with van der Waals surface area (Å²) in [5, 5.41) is 0. The fourth-order valence-electron chi connectivity index (χ4n) is 5.60. The molecule has 0 unspecified atom stereocenters. The molecule has 0 saturated heterocycles. The lowest BCUT2D eigenvalue weighted by Crippen LogP contribution is -2.43. The molecule has 5 heteroatoms. The number of fused-ring (bicyclic) bond motifs is 1. The highest BCUT2D eigenvalue weighted by molar-refractivity contribution is 5.66. The molecule has 2 aliphatic carbocycles. The van der Waals surface area contributed by atoms with E-state index in [0.717, 1.165) is 12.0 Å². The van der Waals surface area contributed by atoms with Crippen LogP contribution in [0.15, 0.2) is 36.4 Å². The number of alkyl halides is 4. The van der Waals surface area contributed by atoms with Crippen LogP contribution < -0.4 is 0 Å². The Bertz CT molecular complexity index is 940. The molecule has 0 aliphatic heterocycles. The lowest BCUT2D eigenvalue weighted by Gasteiger charge is -2.33. The fraction of sp³-hybridized carbons (Fsp3) is 0.571. The SMILES string of the molecule is CCCCCCC1CCC(c2ccc(-c3cc(F)c4c(c3)CCC(F)(F)C4(F)F)cc2)CC1. The zero-order chi connectivity index (χ0) is 23.6. The molecule has 180 valence electrons. The van der Waals surface area contributed by atoms with Gasteiger partial charge in [0.1, 0.15) is 5.82 Å². The molecule has 0 bridgehead atoms. The molecule has 1 fully saturated rings. The Morgan fingerprint density at radius 3 is 2.21 bits per heavy atom. The second kappa shape index (κ2) is 9.76. The lowest BCUT2D eigenvalue weighted by atomic mass is 9.77. The average Bonchev–Trinajstić information content (AvgIpc) is 2.80. The van der Waals surface area contributed by atoms with Crippen LogP contribution in [0.25, 0.3) is 11.1 Å². The summed E-state index contributed by atoms with van der Waals surface area (Å²) in [6, 6.07) is 10.3. The van der Waals surface area contributed by atoms with E-state index in [-0.39, 0.29) is 12.0 Å². The number of hydrogen-bond donors (Lipinski definition) is 0. The van der Waals surface area contributed by atoms with Gasteiger partial charge in [-0.05, 0) is 72.3 Å². The maximum Gasteiger partial charge on any atom is 0.338 e. The predicted octanol–water partition coefficient (Wildman–Crippen LogP) is 9.41. The average molecular weight is 465 g/mol. The van der Waals surface area contributed by atoms with Crippen molar-refractivity contribution < 1.29 is 22.0 Å². The Kier molecular flexibility index (Phi) is 7.16. The molecule has 0 radical (unpaired) electrons. The van der Waals surface area contributed by atoms with Crippen LogP contribution in [-0.4, -0.2) is 5.92 Å². The second-order valence-corrected chi connectivity index (χ2v) is 9.96. The van der Waals surface area contributed by atoms with Gasteiger partial charge in [-0.3, -0.25) is 0 Å². The first-order valence-electron chi connectivity index (χ1n) is 12.4. The van der Waals surface area contributed by atoms with Gasteiger partial charge in [-0.25, -0.2) is 4.39 Å². The van der Waals surface area contributed by atoms with Gasteiger partial charge in [-0.1, -0.05) is 69.4 Å². The molecule has 0 aromatic heterocycles. The summed E-state index contributed by atoms with van der Waals surface area (Å²) in [5.74, 6) is -8.61. The van der Waals surface area contributed by atoms with Crippen molar-refractivity contribution in [2.24, 2.45) is 5.92 Å². The van der Waals surface area contributed by atoms with Crippen molar-refractivity contribution in [3.05, 3.63) is 58.9 Å². The third-order valence-corrected chi connectivity index (χ3v) is 7.68. The molecule has 0 atom stereocenters. The van der Waals surface area contributed by atoms with Crippen LogP contribution in [0.5, 0.6) is 0 Å². The van der Waals surface area contributed by atoms with Crippen LogP contribution in [0.1, 0.15) is 93.7 Å². The molecule has 0 spiro atoms. The first-order valence-corrected chi connectivity index (χ1v) is 12.4. The number of halogens is 5. The molecule has 33 heavy (non-hydrogen) atoms. The van der Waals surface area contributed by atoms with Crippen molar-refractivity contribution in [1.82, 2.24) is 0 Å². The van der Waals surface area contributed by atoms with Crippen molar-refractivity contribution in [1.29, 1.82) is 0 Å². The van der Waals surface area contributed by atoms with Crippen molar-refractivity contribution >= 4 is 0 Å². The monoisotopic (exact) mass is 464 g/mol. The van der Waals surface area contributed by atoms with Gasteiger partial charge in [0.2, 0.25) is 0 Å². The van der Waals surface area contributed by atoms with Gasteiger partial charge >= 0.3 is 11.8 Å². The molecule has 0 nitrogen and oxygen atoms in total. The van der Waals surface area contributed by atoms with E-state index in [9.17, 15) is 22.0 Å². The summed E-state index contributed by atoms with van der Waals surface area (Å²) in [6.45, 7) is 2.23. The quantitative estimate of drug-likeness (QED) is 0.283. The maximum atomic E-state index is 14.6. The number of hydrogen-bond acceptors (Lipinski definition) is 0. The van der Waals surface area contributed by atoms with Gasteiger partial charge in [0.05, 0.1) is 5.56 Å². The Labute approximate surface area is 193 Å². The van der Waals surface area contributed by atoms with Crippen LogP contribution >= 0.6 is 0 Å². The lowest BCUT2D eigenvalue weighted by molar-refractivity contribution is -0.226. The van der Waals surface area contributed by atoms with Crippen LogP contribution in [0.4, 0.5) is 22.0 Å². The highest BCUT2D eigenvalue weighted by Gasteiger charge is 2.61. The Morgan fingerprint density at radius 2 is 1.55 bits per heavy atom. The number of unbranched alkanes of at least 4 members (excludes halogenated alkanes) is 3. The molecular weight excluding hydrogens is 431 g/mol. The summed E-state index contributed by atoms with van der Waals surface area (Å²) in [4.78, 5) is 0. The number of benzene rings is 2. The topological polar surface area (TPSA) is 0 Å². The normalized spacial score (nSPS) is 23.8. The fourth-order valence-corrected chi connectivity index (χ4v) is 5.60. The molecule has 0 heterocycles. The van der Waals surface area contributed by atoms with Gasteiger partial charge in [0.15, 0.2) is 0 Å². The van der Waals surface area contributed by atoms with Crippen LogP contribution in [0.3, 0.4) is 0 Å². The summed E-state index contributed by atoms with van der Waals surface area (Å²) in [5.41, 5.74) is 1.25. The Balaban J connectivity index is 1.43. The molecule has 2 aromatic rings. The van der Waals surface area contributed by atoms with Crippen LogP contribution in [0.2, 0.25) is 0 Å². The van der Waals surface area contributed by atoms with Gasteiger partial charge in [-0.15, -0.1) is 0 Å². The minimum atomic E-state index is -4.48. The van der Waals surface area contributed by atoms with Crippen LogP contribution in [-0.2, 0) is 12.3 Å². The molecule has 1 saturated carbocycles. The smallest absolute Gasteiger partial charge is 0.206 e. The number of rotatable bonds is 7. The molecule has 0 N–H and O–H groups in total. The molecular formula is C28H33F5. The van der Waals surface area contributed by atoms with Gasteiger partial charge in [-0.2, -0.15) is 17.6 Å². The van der Waals surface area contributed by atoms with Crippen molar-refractivity contribution in [2.45, 2.75) is 95.3 Å². The Hall–Kier alpha value is -1.91. The summed E-state index contributed by atoms with van der Waals surface area (Å²) < 4.78 is 70.3. The first-order chi connectivity index (χ1) is 15.7. The minimum Gasteiger partial charge on any atom is -0.206 e. The van der Waals surface area contributed by atoms with E-state index < -0.39 is 29.6 Å². The third-order valence-electron chi connectivity index (χ3n) is 7.68. The zero-order valence-electron chi connectivity index (χ0n) is 19.3. The van der Waals surface area contributed by atoms with E-state index in [4.69, 9.17) is 0 Å². The van der Waals surface area contributed by atoms with E-state index in [1.807, 2.05) is 24.3 Å². The van der Waals surface area contributed by atoms with E-state index in [1.165, 1.54) is 69.4 Å².